The van der Waals surface area contributed by atoms with Crippen LogP contribution >= 0.6 is 15.9 Å². The van der Waals surface area contributed by atoms with E-state index in [9.17, 15) is 4.79 Å². The standard InChI is InChI=1S/C24H19BrN2O3/c1-2-29-19-13-7-16(8-14-19)22-15-26-24(30-22)21-6-4-3-5-20(21)23(28)27-18-11-9-17(25)10-12-18/h3-15H,2H2,1H3,(H,27,28). The Bertz CT molecular complexity index is 1150. The van der Waals surface area contributed by atoms with Crippen molar-refractivity contribution in [2.24, 2.45) is 0 Å². The van der Waals surface area contributed by atoms with E-state index in [1.54, 1.807) is 12.3 Å². The minimum atomic E-state index is -0.228. The molecule has 0 saturated heterocycles. The number of aromatic nitrogens is 1. The zero-order valence-corrected chi connectivity index (χ0v) is 17.8. The zero-order chi connectivity index (χ0) is 20.9. The van der Waals surface area contributed by atoms with Crippen LogP contribution in [0.5, 0.6) is 5.75 Å². The first-order valence-electron chi connectivity index (χ1n) is 9.49. The summed E-state index contributed by atoms with van der Waals surface area (Å²) < 4.78 is 12.4. The van der Waals surface area contributed by atoms with Crippen molar-refractivity contribution in [3.63, 3.8) is 0 Å². The predicted molar refractivity (Wildman–Crippen MR) is 121 cm³/mol. The first-order chi connectivity index (χ1) is 14.6. The van der Waals surface area contributed by atoms with Crippen LogP contribution in [0.2, 0.25) is 0 Å². The van der Waals surface area contributed by atoms with Gasteiger partial charge in [-0.05, 0) is 67.6 Å². The van der Waals surface area contributed by atoms with Gasteiger partial charge in [0, 0.05) is 21.3 Å². The second kappa shape index (κ2) is 8.97. The SMILES string of the molecule is CCOc1ccc(-c2cnc(-c3ccccc3C(=O)Nc3ccc(Br)cc3)o2)cc1. The van der Waals surface area contributed by atoms with E-state index < -0.39 is 0 Å². The van der Waals surface area contributed by atoms with Gasteiger partial charge in [-0.15, -0.1) is 0 Å². The van der Waals surface area contributed by atoms with Gasteiger partial charge >= 0.3 is 0 Å². The van der Waals surface area contributed by atoms with Crippen molar-refractivity contribution < 1.29 is 13.9 Å². The van der Waals surface area contributed by atoms with Gasteiger partial charge in [-0.3, -0.25) is 4.79 Å². The number of halogens is 1. The molecule has 0 fully saturated rings. The van der Waals surface area contributed by atoms with Crippen molar-refractivity contribution in [3.05, 3.63) is 89.0 Å². The first-order valence-corrected chi connectivity index (χ1v) is 10.3. The second-order valence-electron chi connectivity index (χ2n) is 6.49. The van der Waals surface area contributed by atoms with Crippen LogP contribution in [0.15, 0.2) is 87.9 Å². The molecular weight excluding hydrogens is 444 g/mol. The third-order valence-corrected chi connectivity index (χ3v) is 4.99. The molecule has 0 saturated carbocycles. The maximum atomic E-state index is 12.9. The van der Waals surface area contributed by atoms with E-state index in [4.69, 9.17) is 9.15 Å². The number of hydrogen-bond donors (Lipinski definition) is 1. The Hall–Kier alpha value is -3.38. The molecule has 1 amide bonds. The van der Waals surface area contributed by atoms with E-state index in [0.29, 0.717) is 35.1 Å². The fraction of sp³-hybridized carbons (Fsp3) is 0.0833. The number of nitrogens with one attached hydrogen (secondary N) is 1. The molecule has 5 nitrogen and oxygen atoms in total. The summed E-state index contributed by atoms with van der Waals surface area (Å²) in [4.78, 5) is 17.3. The fourth-order valence-electron chi connectivity index (χ4n) is 3.01. The quantitative estimate of drug-likeness (QED) is 0.358. The molecule has 0 atom stereocenters. The summed E-state index contributed by atoms with van der Waals surface area (Å²) in [5.74, 6) is 1.58. The lowest BCUT2D eigenvalue weighted by Gasteiger charge is -2.08. The molecule has 6 heteroatoms. The van der Waals surface area contributed by atoms with E-state index in [-0.39, 0.29) is 5.91 Å². The number of anilines is 1. The van der Waals surface area contributed by atoms with Crippen LogP contribution in [-0.4, -0.2) is 17.5 Å². The van der Waals surface area contributed by atoms with Crippen LogP contribution < -0.4 is 10.1 Å². The molecule has 30 heavy (non-hydrogen) atoms. The Morgan fingerprint density at radius 1 is 1.03 bits per heavy atom. The molecule has 0 spiro atoms. The summed E-state index contributed by atoms with van der Waals surface area (Å²) in [6.45, 7) is 2.56. The largest absolute Gasteiger partial charge is 0.494 e. The Labute approximate surface area is 182 Å². The van der Waals surface area contributed by atoms with Gasteiger partial charge in [-0.1, -0.05) is 28.1 Å². The summed E-state index contributed by atoms with van der Waals surface area (Å²) in [5.41, 5.74) is 2.71. The third-order valence-electron chi connectivity index (χ3n) is 4.46. The Balaban J connectivity index is 1.59. The summed E-state index contributed by atoms with van der Waals surface area (Å²) in [7, 11) is 0. The maximum Gasteiger partial charge on any atom is 0.256 e. The predicted octanol–water partition coefficient (Wildman–Crippen LogP) is 6.42. The first kappa shape index (κ1) is 19.9. The van der Waals surface area contributed by atoms with Crippen LogP contribution in [0.4, 0.5) is 5.69 Å². The average Bonchev–Trinajstić information content (AvgIpc) is 3.26. The second-order valence-corrected chi connectivity index (χ2v) is 7.41. The minimum absolute atomic E-state index is 0.228. The van der Waals surface area contributed by atoms with Crippen molar-refractivity contribution in [3.8, 4) is 28.5 Å². The molecule has 4 aromatic rings. The van der Waals surface area contributed by atoms with Gasteiger partial charge in [0.25, 0.3) is 5.91 Å². The number of oxazole rings is 1. The van der Waals surface area contributed by atoms with E-state index in [0.717, 1.165) is 15.8 Å². The van der Waals surface area contributed by atoms with E-state index in [1.807, 2.05) is 73.7 Å². The number of nitrogens with zero attached hydrogens (tertiary/aromatic N) is 1. The van der Waals surface area contributed by atoms with Crippen LogP contribution in [-0.2, 0) is 0 Å². The molecule has 4 rings (SSSR count). The molecule has 1 aromatic heterocycles. The number of carbonyl (C=O) groups is 1. The average molecular weight is 463 g/mol. The number of amides is 1. The highest BCUT2D eigenvalue weighted by Crippen LogP contribution is 2.29. The molecule has 0 aliphatic rings. The van der Waals surface area contributed by atoms with Gasteiger partial charge < -0.3 is 14.5 Å². The van der Waals surface area contributed by atoms with E-state index >= 15 is 0 Å². The van der Waals surface area contributed by atoms with Gasteiger partial charge in [0.05, 0.1) is 18.4 Å². The van der Waals surface area contributed by atoms with Crippen molar-refractivity contribution >= 4 is 27.5 Å². The lowest BCUT2D eigenvalue weighted by molar-refractivity contribution is 0.102. The third kappa shape index (κ3) is 4.44. The summed E-state index contributed by atoms with van der Waals surface area (Å²) in [5, 5.41) is 2.91. The van der Waals surface area contributed by atoms with Gasteiger partial charge in [-0.25, -0.2) is 4.98 Å². The maximum absolute atomic E-state index is 12.9. The number of hydrogen-bond acceptors (Lipinski definition) is 4. The number of rotatable bonds is 6. The lowest BCUT2D eigenvalue weighted by atomic mass is 10.1. The van der Waals surface area contributed by atoms with Gasteiger partial charge in [0.2, 0.25) is 5.89 Å². The fourth-order valence-corrected chi connectivity index (χ4v) is 3.28. The highest BCUT2D eigenvalue weighted by molar-refractivity contribution is 9.10. The zero-order valence-electron chi connectivity index (χ0n) is 16.3. The van der Waals surface area contributed by atoms with E-state index in [1.165, 1.54) is 0 Å². The smallest absolute Gasteiger partial charge is 0.256 e. The molecular formula is C24H19BrN2O3. The van der Waals surface area contributed by atoms with Crippen LogP contribution in [0, 0.1) is 0 Å². The lowest BCUT2D eigenvalue weighted by Crippen LogP contribution is -2.13. The summed E-state index contributed by atoms with van der Waals surface area (Å²) in [6, 6.07) is 22.3. The monoisotopic (exact) mass is 462 g/mol. The van der Waals surface area contributed by atoms with E-state index in [2.05, 4.69) is 26.2 Å². The molecule has 1 N–H and O–H groups in total. The number of benzene rings is 3. The minimum Gasteiger partial charge on any atom is -0.494 e. The Kier molecular flexibility index (Phi) is 5.95. The summed E-state index contributed by atoms with van der Waals surface area (Å²) in [6.07, 6.45) is 1.66. The molecule has 150 valence electrons. The molecule has 0 bridgehead atoms. The van der Waals surface area contributed by atoms with Gasteiger partial charge in [0.1, 0.15) is 5.75 Å². The Morgan fingerprint density at radius 3 is 2.50 bits per heavy atom. The van der Waals surface area contributed by atoms with Gasteiger partial charge in [0.15, 0.2) is 5.76 Å². The molecule has 0 aliphatic carbocycles. The van der Waals surface area contributed by atoms with Gasteiger partial charge in [-0.2, -0.15) is 0 Å². The Morgan fingerprint density at radius 2 is 1.77 bits per heavy atom. The molecule has 0 radical (unpaired) electrons. The van der Waals surface area contributed by atoms with Crippen LogP contribution in [0.1, 0.15) is 17.3 Å². The van der Waals surface area contributed by atoms with Crippen molar-refractivity contribution in [2.75, 3.05) is 11.9 Å². The highest BCUT2D eigenvalue weighted by Gasteiger charge is 2.17. The molecule has 0 unspecified atom stereocenters. The topological polar surface area (TPSA) is 64.4 Å². The van der Waals surface area contributed by atoms with Crippen LogP contribution in [0.25, 0.3) is 22.8 Å². The number of ether oxygens (including phenoxy) is 1. The van der Waals surface area contributed by atoms with Crippen molar-refractivity contribution in [2.45, 2.75) is 6.92 Å². The molecule has 3 aromatic carbocycles. The molecule has 1 heterocycles. The van der Waals surface area contributed by atoms with Crippen molar-refractivity contribution in [1.82, 2.24) is 4.98 Å². The van der Waals surface area contributed by atoms with Crippen molar-refractivity contribution in [1.29, 1.82) is 0 Å². The summed E-state index contributed by atoms with van der Waals surface area (Å²) >= 11 is 3.39. The highest BCUT2D eigenvalue weighted by atomic mass is 79.9. The normalized spacial score (nSPS) is 10.6. The number of carbonyl (C=O) groups excluding carboxylic acids is 1. The molecule has 0 aliphatic heterocycles. The van der Waals surface area contributed by atoms with Crippen LogP contribution in [0.3, 0.4) is 0 Å².